The van der Waals surface area contributed by atoms with Gasteiger partial charge in [-0.2, -0.15) is 0 Å². The van der Waals surface area contributed by atoms with E-state index in [9.17, 15) is 22.8 Å². The summed E-state index contributed by atoms with van der Waals surface area (Å²) in [4.78, 5) is 37.5. The summed E-state index contributed by atoms with van der Waals surface area (Å²) in [7, 11) is -4.01. The minimum atomic E-state index is -4.01. The number of anilines is 1. The predicted molar refractivity (Wildman–Crippen MR) is 111 cm³/mol. The minimum absolute atomic E-state index is 0.00111. The van der Waals surface area contributed by atoms with E-state index in [1.807, 2.05) is 0 Å². The standard InChI is InChI=1S/C19H15ClN4O5S/c20-15-6-1-2-7-16(15)24-30(28,29)14-5-3-4-12(10-14)18(26)22-23-19(27)13-8-9-17(25)21-11-13/h1-11,24H,(H,21,25)(H,22,26)(H,23,27). The molecule has 1 aromatic heterocycles. The predicted octanol–water partition coefficient (Wildman–Crippen LogP) is 1.90. The molecule has 2 amide bonds. The number of carbonyl (C=O) groups excluding carboxylic acids is 2. The van der Waals surface area contributed by atoms with Gasteiger partial charge in [-0.15, -0.1) is 0 Å². The van der Waals surface area contributed by atoms with Crippen molar-refractivity contribution in [1.29, 1.82) is 0 Å². The number of rotatable bonds is 5. The number of H-pyrrole nitrogens is 1. The van der Waals surface area contributed by atoms with Crippen LogP contribution in [-0.2, 0) is 10.0 Å². The Morgan fingerprint density at radius 1 is 0.867 bits per heavy atom. The zero-order valence-corrected chi connectivity index (χ0v) is 16.8. The molecule has 0 radical (unpaired) electrons. The maximum atomic E-state index is 12.6. The van der Waals surface area contributed by atoms with Crippen LogP contribution in [0.15, 0.2) is 76.6 Å². The van der Waals surface area contributed by atoms with Gasteiger partial charge in [0.05, 0.1) is 21.2 Å². The van der Waals surface area contributed by atoms with Gasteiger partial charge in [0.2, 0.25) is 5.56 Å². The highest BCUT2D eigenvalue weighted by atomic mass is 35.5. The molecule has 0 aliphatic heterocycles. The first-order chi connectivity index (χ1) is 14.3. The molecule has 2 aromatic carbocycles. The highest BCUT2D eigenvalue weighted by Crippen LogP contribution is 2.24. The summed E-state index contributed by atoms with van der Waals surface area (Å²) in [6, 6.07) is 14.0. The van der Waals surface area contributed by atoms with E-state index in [2.05, 4.69) is 20.6 Å². The topological polar surface area (TPSA) is 137 Å². The maximum Gasteiger partial charge on any atom is 0.271 e. The second-order valence-electron chi connectivity index (χ2n) is 5.96. The Balaban J connectivity index is 1.71. The van der Waals surface area contributed by atoms with Crippen LogP contribution >= 0.6 is 11.6 Å². The van der Waals surface area contributed by atoms with E-state index in [-0.39, 0.29) is 32.3 Å². The summed E-state index contributed by atoms with van der Waals surface area (Å²) in [5, 5.41) is 0.222. The Bertz CT molecular complexity index is 1250. The van der Waals surface area contributed by atoms with E-state index >= 15 is 0 Å². The lowest BCUT2D eigenvalue weighted by atomic mass is 10.2. The van der Waals surface area contributed by atoms with Crippen LogP contribution in [0.2, 0.25) is 5.02 Å². The van der Waals surface area contributed by atoms with Crippen molar-refractivity contribution in [2.45, 2.75) is 4.90 Å². The summed E-state index contributed by atoms with van der Waals surface area (Å²) in [5.74, 6) is -1.40. The monoisotopic (exact) mass is 446 g/mol. The third kappa shape index (κ3) is 5.04. The fourth-order valence-electron chi connectivity index (χ4n) is 2.36. The molecule has 30 heavy (non-hydrogen) atoms. The molecule has 154 valence electrons. The molecule has 9 nitrogen and oxygen atoms in total. The maximum absolute atomic E-state index is 12.6. The molecule has 0 aliphatic rings. The number of aromatic nitrogens is 1. The molecule has 3 rings (SSSR count). The number of sulfonamides is 1. The first-order valence-corrected chi connectivity index (χ1v) is 10.3. The molecule has 0 saturated carbocycles. The van der Waals surface area contributed by atoms with Gasteiger partial charge < -0.3 is 4.98 Å². The molecule has 3 aromatic rings. The molecule has 0 unspecified atom stereocenters. The molecule has 0 saturated heterocycles. The molecule has 4 N–H and O–H groups in total. The van der Waals surface area contributed by atoms with Crippen LogP contribution in [0.1, 0.15) is 20.7 Å². The number of halogens is 1. The highest BCUT2D eigenvalue weighted by molar-refractivity contribution is 7.92. The Kier molecular flexibility index (Phi) is 6.19. The summed E-state index contributed by atoms with van der Waals surface area (Å²) < 4.78 is 27.6. The van der Waals surface area contributed by atoms with Crippen LogP contribution in [-0.4, -0.2) is 25.2 Å². The number of hydrogen-bond acceptors (Lipinski definition) is 5. The molecule has 0 bridgehead atoms. The lowest BCUT2D eigenvalue weighted by Crippen LogP contribution is -2.41. The van der Waals surface area contributed by atoms with E-state index in [1.54, 1.807) is 12.1 Å². The number of aromatic amines is 1. The van der Waals surface area contributed by atoms with Gasteiger partial charge in [-0.3, -0.25) is 30.0 Å². The molecule has 0 spiro atoms. The zero-order chi connectivity index (χ0) is 21.7. The van der Waals surface area contributed by atoms with Gasteiger partial charge in [0.15, 0.2) is 0 Å². The normalized spacial score (nSPS) is 10.8. The zero-order valence-electron chi connectivity index (χ0n) is 15.2. The van der Waals surface area contributed by atoms with Gasteiger partial charge in [-0.25, -0.2) is 8.42 Å². The average Bonchev–Trinajstić information content (AvgIpc) is 2.74. The van der Waals surface area contributed by atoms with Gasteiger partial charge >= 0.3 is 0 Å². The third-order valence-electron chi connectivity index (χ3n) is 3.86. The molecule has 1 heterocycles. The van der Waals surface area contributed by atoms with E-state index in [0.29, 0.717) is 0 Å². The third-order valence-corrected chi connectivity index (χ3v) is 5.55. The number of hydrogen-bond donors (Lipinski definition) is 4. The SMILES string of the molecule is O=C(NNC(=O)c1cccc(S(=O)(=O)Nc2ccccc2Cl)c1)c1ccc(=O)[nH]c1. The Morgan fingerprint density at radius 3 is 2.23 bits per heavy atom. The van der Waals surface area contributed by atoms with E-state index < -0.39 is 21.8 Å². The van der Waals surface area contributed by atoms with Crippen LogP contribution in [0.3, 0.4) is 0 Å². The second kappa shape index (κ2) is 8.80. The van der Waals surface area contributed by atoms with Crippen molar-refractivity contribution in [3.05, 3.63) is 93.4 Å². The van der Waals surface area contributed by atoms with Crippen molar-refractivity contribution in [3.8, 4) is 0 Å². The number of benzene rings is 2. The molecular weight excluding hydrogens is 432 g/mol. The fourth-order valence-corrected chi connectivity index (χ4v) is 3.73. The largest absolute Gasteiger partial charge is 0.328 e. The van der Waals surface area contributed by atoms with Gasteiger partial charge in [-0.1, -0.05) is 29.8 Å². The number of para-hydroxylation sites is 1. The average molecular weight is 447 g/mol. The molecule has 11 heteroatoms. The quantitative estimate of drug-likeness (QED) is 0.443. The number of pyridine rings is 1. The fraction of sp³-hybridized carbons (Fsp3) is 0. The van der Waals surface area contributed by atoms with Crippen molar-refractivity contribution in [2.75, 3.05) is 4.72 Å². The van der Waals surface area contributed by atoms with Crippen molar-refractivity contribution in [3.63, 3.8) is 0 Å². The van der Waals surface area contributed by atoms with E-state index in [4.69, 9.17) is 11.6 Å². The lowest BCUT2D eigenvalue weighted by Gasteiger charge is -2.11. The number of nitrogens with one attached hydrogen (secondary N) is 4. The molecule has 0 fully saturated rings. The van der Waals surface area contributed by atoms with Crippen LogP contribution in [0.25, 0.3) is 0 Å². The first-order valence-electron chi connectivity index (χ1n) is 8.43. The Morgan fingerprint density at radius 2 is 1.57 bits per heavy atom. The number of amides is 2. The molecule has 0 atom stereocenters. The first kappa shape index (κ1) is 21.1. The van der Waals surface area contributed by atoms with Gasteiger partial charge in [0.1, 0.15) is 0 Å². The number of hydrazine groups is 1. The summed E-state index contributed by atoms with van der Waals surface area (Å²) in [5.41, 5.74) is 4.30. The smallest absolute Gasteiger partial charge is 0.271 e. The Labute approximate surface area is 176 Å². The summed E-state index contributed by atoms with van der Waals surface area (Å²) in [6.07, 6.45) is 1.19. The highest BCUT2D eigenvalue weighted by Gasteiger charge is 2.18. The minimum Gasteiger partial charge on any atom is -0.328 e. The lowest BCUT2D eigenvalue weighted by molar-refractivity contribution is 0.0846. The van der Waals surface area contributed by atoms with Crippen LogP contribution in [0.5, 0.6) is 0 Å². The Hall–Kier alpha value is -3.63. The van der Waals surface area contributed by atoms with Gasteiger partial charge in [0, 0.05) is 17.8 Å². The van der Waals surface area contributed by atoms with Crippen LogP contribution < -0.4 is 21.1 Å². The van der Waals surface area contributed by atoms with Crippen LogP contribution in [0.4, 0.5) is 5.69 Å². The van der Waals surface area contributed by atoms with Crippen molar-refractivity contribution < 1.29 is 18.0 Å². The molecular formula is C19H15ClN4O5S. The second-order valence-corrected chi connectivity index (χ2v) is 8.05. The summed E-state index contributed by atoms with van der Waals surface area (Å²) in [6.45, 7) is 0. The van der Waals surface area contributed by atoms with Crippen LogP contribution in [0, 0.1) is 0 Å². The van der Waals surface area contributed by atoms with Crippen molar-refractivity contribution in [2.24, 2.45) is 0 Å². The van der Waals surface area contributed by atoms with E-state index in [1.165, 1.54) is 42.6 Å². The van der Waals surface area contributed by atoms with Gasteiger partial charge in [0.25, 0.3) is 21.8 Å². The van der Waals surface area contributed by atoms with Gasteiger partial charge in [-0.05, 0) is 36.4 Å². The van der Waals surface area contributed by atoms with Crippen molar-refractivity contribution in [1.82, 2.24) is 15.8 Å². The van der Waals surface area contributed by atoms with E-state index in [0.717, 1.165) is 12.1 Å². The number of carbonyl (C=O) groups is 2. The van der Waals surface area contributed by atoms with Crippen molar-refractivity contribution >= 4 is 39.1 Å². The molecule has 0 aliphatic carbocycles. The summed E-state index contributed by atoms with van der Waals surface area (Å²) >= 11 is 5.98.